The van der Waals surface area contributed by atoms with Crippen molar-refractivity contribution < 1.29 is 9.59 Å². The van der Waals surface area contributed by atoms with Gasteiger partial charge in [-0.1, -0.05) is 48.5 Å². The summed E-state index contributed by atoms with van der Waals surface area (Å²) in [5.74, 6) is -0.635. The normalized spacial score (nSPS) is 10.8. The Kier molecular flexibility index (Phi) is 6.13. The first-order chi connectivity index (χ1) is 15.5. The minimum atomic E-state index is -0.397. The summed E-state index contributed by atoms with van der Waals surface area (Å²) in [5.41, 5.74) is 5.42. The number of aromatic nitrogens is 2. The van der Waals surface area contributed by atoms with Crippen LogP contribution in [0.1, 0.15) is 27.2 Å². The molecule has 8 heteroatoms. The van der Waals surface area contributed by atoms with Gasteiger partial charge in [-0.2, -0.15) is 0 Å². The molecule has 4 rings (SSSR count). The van der Waals surface area contributed by atoms with E-state index in [0.29, 0.717) is 15.8 Å². The lowest BCUT2D eigenvalue weighted by molar-refractivity contribution is -0.117. The average molecular weight is 447 g/mol. The van der Waals surface area contributed by atoms with E-state index >= 15 is 0 Å². The Hall–Kier alpha value is -3.78. The summed E-state index contributed by atoms with van der Waals surface area (Å²) in [4.78, 5) is 43.8. The number of aryl methyl sites for hydroxylation is 2. The molecule has 0 fully saturated rings. The molecule has 0 bridgehead atoms. The van der Waals surface area contributed by atoms with Crippen LogP contribution in [0, 0.1) is 13.8 Å². The summed E-state index contributed by atoms with van der Waals surface area (Å²) in [7, 11) is 0. The van der Waals surface area contributed by atoms with Crippen molar-refractivity contribution in [2.45, 2.75) is 20.3 Å². The Morgan fingerprint density at radius 3 is 2.50 bits per heavy atom. The third kappa shape index (κ3) is 4.31. The molecule has 0 aliphatic heterocycles. The van der Waals surface area contributed by atoms with Crippen molar-refractivity contribution in [1.82, 2.24) is 15.0 Å². The van der Waals surface area contributed by atoms with Gasteiger partial charge in [0, 0.05) is 29.0 Å². The van der Waals surface area contributed by atoms with Crippen molar-refractivity contribution in [2.75, 3.05) is 12.0 Å². The van der Waals surface area contributed by atoms with Crippen molar-refractivity contribution >= 4 is 33.4 Å². The minimum Gasteiger partial charge on any atom is -0.352 e. The number of hydrogen-bond acceptors (Lipinski definition) is 5. The van der Waals surface area contributed by atoms with E-state index < -0.39 is 5.91 Å². The topological polar surface area (TPSA) is 93.1 Å². The Morgan fingerprint density at radius 1 is 1.03 bits per heavy atom. The predicted octanol–water partition coefficient (Wildman–Crippen LogP) is 3.63. The second-order valence-corrected chi connectivity index (χ2v) is 8.56. The number of hydrogen-bond donors (Lipinski definition) is 2. The van der Waals surface area contributed by atoms with Crippen LogP contribution in [0.15, 0.2) is 65.7 Å². The second-order valence-electron chi connectivity index (χ2n) is 7.35. The van der Waals surface area contributed by atoms with Crippen LogP contribution in [0.4, 0.5) is 0 Å². The van der Waals surface area contributed by atoms with Gasteiger partial charge in [0.05, 0.1) is 5.39 Å². The highest BCUT2D eigenvalue weighted by molar-refractivity contribution is 7.19. The average Bonchev–Trinajstić information content (AvgIpc) is 3.13. The second kappa shape index (κ2) is 9.15. The molecular weight excluding hydrogens is 424 g/mol. The lowest BCUT2D eigenvalue weighted by Gasteiger charge is -2.10. The first-order valence-electron chi connectivity index (χ1n) is 10.2. The lowest BCUT2D eigenvalue weighted by atomic mass is 10.0. The molecule has 0 spiro atoms. The monoisotopic (exact) mass is 446 g/mol. The van der Waals surface area contributed by atoms with E-state index in [0.717, 1.165) is 26.2 Å². The fraction of sp³-hybridized carbons (Fsp3) is 0.167. The van der Waals surface area contributed by atoms with Gasteiger partial charge in [0.2, 0.25) is 5.91 Å². The Labute approximate surface area is 188 Å². The number of carbonyl (C=O) groups is 2. The summed E-state index contributed by atoms with van der Waals surface area (Å²) in [6.45, 7) is 3.96. The summed E-state index contributed by atoms with van der Waals surface area (Å²) in [6, 6.07) is 16.9. The van der Waals surface area contributed by atoms with Crippen LogP contribution >= 0.6 is 11.3 Å². The highest BCUT2D eigenvalue weighted by Gasteiger charge is 2.17. The number of carbonyl (C=O) groups excluding carboxylic acids is 2. The minimum absolute atomic E-state index is 0.0241. The molecule has 4 aromatic rings. The maximum Gasteiger partial charge on any atom is 0.281 e. The lowest BCUT2D eigenvalue weighted by Crippen LogP contribution is -2.35. The van der Waals surface area contributed by atoms with Crippen LogP contribution in [0.3, 0.4) is 0 Å². The van der Waals surface area contributed by atoms with Crippen molar-refractivity contribution in [2.24, 2.45) is 0 Å². The van der Waals surface area contributed by atoms with Gasteiger partial charge >= 0.3 is 0 Å². The molecule has 2 amide bonds. The number of nitrogens with one attached hydrogen (secondary N) is 2. The largest absolute Gasteiger partial charge is 0.352 e. The van der Waals surface area contributed by atoms with Gasteiger partial charge in [0.25, 0.3) is 11.5 Å². The van der Waals surface area contributed by atoms with Gasteiger partial charge in [-0.15, -0.1) is 11.3 Å². The van der Waals surface area contributed by atoms with E-state index in [2.05, 4.69) is 15.7 Å². The van der Waals surface area contributed by atoms with E-state index in [9.17, 15) is 14.4 Å². The van der Waals surface area contributed by atoms with Crippen molar-refractivity contribution in [3.05, 3.63) is 87.3 Å². The maximum absolute atomic E-state index is 13.1. The van der Waals surface area contributed by atoms with Gasteiger partial charge in [-0.05, 0) is 31.0 Å². The van der Waals surface area contributed by atoms with Gasteiger partial charge in [0.15, 0.2) is 0 Å². The quantitative estimate of drug-likeness (QED) is 0.473. The molecule has 2 aromatic heterocycles. The molecule has 7 nitrogen and oxygen atoms in total. The van der Waals surface area contributed by atoms with E-state index in [-0.39, 0.29) is 24.4 Å². The molecule has 2 aromatic carbocycles. The van der Waals surface area contributed by atoms with Crippen LogP contribution in [0.5, 0.6) is 0 Å². The van der Waals surface area contributed by atoms with Gasteiger partial charge < -0.3 is 5.32 Å². The number of benzene rings is 2. The molecule has 162 valence electrons. The summed E-state index contributed by atoms with van der Waals surface area (Å²) in [6.07, 6.45) is 1.34. The summed E-state index contributed by atoms with van der Waals surface area (Å²) < 4.78 is 1.10. The molecule has 32 heavy (non-hydrogen) atoms. The molecule has 0 aliphatic rings. The van der Waals surface area contributed by atoms with E-state index in [1.54, 1.807) is 12.1 Å². The van der Waals surface area contributed by atoms with Crippen LogP contribution in [-0.4, -0.2) is 28.0 Å². The number of amides is 2. The van der Waals surface area contributed by atoms with Gasteiger partial charge in [0.1, 0.15) is 11.2 Å². The van der Waals surface area contributed by atoms with Gasteiger partial charge in [-0.3, -0.25) is 19.8 Å². The fourth-order valence-electron chi connectivity index (χ4n) is 3.54. The predicted molar refractivity (Wildman–Crippen MR) is 127 cm³/mol. The molecule has 0 aliphatic carbocycles. The van der Waals surface area contributed by atoms with Crippen molar-refractivity contribution in [3.8, 4) is 11.1 Å². The van der Waals surface area contributed by atoms with Crippen LogP contribution in [0.25, 0.3) is 21.3 Å². The molecular formula is C24H22N4O3S. The molecule has 0 radical (unpaired) electrons. The van der Waals surface area contributed by atoms with E-state index in [1.165, 1.54) is 17.7 Å². The third-order valence-corrected chi connectivity index (χ3v) is 6.14. The maximum atomic E-state index is 13.1. The van der Waals surface area contributed by atoms with Crippen molar-refractivity contribution in [3.63, 3.8) is 0 Å². The summed E-state index contributed by atoms with van der Waals surface area (Å²) in [5, 5.41) is 3.21. The van der Waals surface area contributed by atoms with E-state index in [1.807, 2.05) is 56.3 Å². The standard InChI is InChI=1S/C24H22N4O3S/c1-15-8-6-7-11-18(15)22(30)25-13-12-19(29)27-28-14-26-23-21(24(28)31)20(16(2)32-23)17-9-4-3-5-10-17/h3-11,14H,12-13H2,1-2H3,(H,25,30)(H,27,29). The molecule has 2 N–H and O–H groups in total. The molecule has 0 saturated heterocycles. The van der Waals surface area contributed by atoms with Crippen molar-refractivity contribution in [1.29, 1.82) is 0 Å². The molecule has 0 saturated carbocycles. The first-order valence-corrected chi connectivity index (χ1v) is 11.0. The van der Waals surface area contributed by atoms with Gasteiger partial charge in [-0.25, -0.2) is 9.66 Å². The fourth-order valence-corrected chi connectivity index (χ4v) is 4.54. The third-order valence-electron chi connectivity index (χ3n) is 5.12. The SMILES string of the molecule is Cc1ccccc1C(=O)NCCC(=O)Nn1cnc2sc(C)c(-c3ccccc3)c2c1=O. The highest BCUT2D eigenvalue weighted by atomic mass is 32.1. The number of fused-ring (bicyclic) bond motifs is 1. The smallest absolute Gasteiger partial charge is 0.281 e. The number of thiophene rings is 1. The number of nitrogens with zero attached hydrogens (tertiary/aromatic N) is 2. The molecule has 0 atom stereocenters. The zero-order valence-electron chi connectivity index (χ0n) is 17.7. The Bertz CT molecular complexity index is 1360. The Morgan fingerprint density at radius 2 is 1.75 bits per heavy atom. The first kappa shape index (κ1) is 21.5. The molecule has 2 heterocycles. The Balaban J connectivity index is 1.48. The van der Waals surface area contributed by atoms with Crippen LogP contribution in [-0.2, 0) is 4.79 Å². The van der Waals surface area contributed by atoms with Crippen LogP contribution < -0.4 is 16.3 Å². The van der Waals surface area contributed by atoms with E-state index in [4.69, 9.17) is 0 Å². The zero-order valence-corrected chi connectivity index (χ0v) is 18.5. The summed E-state index contributed by atoms with van der Waals surface area (Å²) >= 11 is 1.45. The van der Waals surface area contributed by atoms with Crippen LogP contribution in [0.2, 0.25) is 0 Å². The highest BCUT2D eigenvalue weighted by Crippen LogP contribution is 2.35. The molecule has 0 unspecified atom stereocenters. The number of rotatable bonds is 6. The zero-order chi connectivity index (χ0) is 22.7.